The molecule has 3 atom stereocenters. The largest absolute Gasteiger partial charge is 0.357 e. The molecule has 2 heterocycles. The monoisotopic (exact) mass is 356 g/mol. The molecule has 5 heteroatoms. The minimum absolute atomic E-state index is 0.0526. The molecule has 4 rings (SSSR count). The third-order valence-corrected chi connectivity index (χ3v) is 7.79. The zero-order valence-corrected chi connectivity index (χ0v) is 16.3. The van der Waals surface area contributed by atoms with Crippen LogP contribution in [0, 0.1) is 16.7 Å². The predicted octanol–water partition coefficient (Wildman–Crippen LogP) is 3.70. The Labute approximate surface area is 156 Å². The fourth-order valence-corrected chi connectivity index (χ4v) is 5.47. The number of rotatable bonds is 4. The van der Waals surface area contributed by atoms with Gasteiger partial charge in [0, 0.05) is 31.9 Å². The van der Waals surface area contributed by atoms with E-state index in [2.05, 4.69) is 53.4 Å². The number of amides is 2. The molecule has 2 N–H and O–H groups in total. The van der Waals surface area contributed by atoms with E-state index in [0.29, 0.717) is 12.0 Å². The number of pyridine rings is 1. The van der Waals surface area contributed by atoms with Crippen molar-refractivity contribution in [1.29, 1.82) is 0 Å². The van der Waals surface area contributed by atoms with Crippen LogP contribution in [0.3, 0.4) is 0 Å². The quantitative estimate of drug-likeness (QED) is 0.865. The average Bonchev–Trinajstić information content (AvgIpc) is 3.27. The summed E-state index contributed by atoms with van der Waals surface area (Å²) in [5.74, 6) is 1.79. The molecule has 1 saturated heterocycles. The smallest absolute Gasteiger partial charge is 0.315 e. The molecular formula is C21H32N4O. The first-order chi connectivity index (χ1) is 12.4. The number of hydrogen-bond acceptors (Lipinski definition) is 3. The standard InChI is InChI=1S/C21H32N4O/c1-20(2)16-8-9-21(20,3)17(12-16)24-19(26)23-14-15-6-7-18(22-13-15)25-10-4-5-11-25/h6-7,13,16-17H,4-5,8-12,14H2,1-3H3,(H2,23,24,26). The van der Waals surface area contributed by atoms with E-state index < -0.39 is 0 Å². The molecule has 0 spiro atoms. The lowest BCUT2D eigenvalue weighted by Gasteiger charge is -2.39. The van der Waals surface area contributed by atoms with Gasteiger partial charge in [-0.3, -0.25) is 0 Å². The van der Waals surface area contributed by atoms with Crippen LogP contribution in [0.4, 0.5) is 10.6 Å². The highest BCUT2D eigenvalue weighted by molar-refractivity contribution is 5.74. The fourth-order valence-electron chi connectivity index (χ4n) is 5.47. The molecule has 0 aromatic carbocycles. The molecule has 5 nitrogen and oxygen atoms in total. The van der Waals surface area contributed by atoms with E-state index in [9.17, 15) is 4.79 Å². The van der Waals surface area contributed by atoms with Crippen molar-refractivity contribution >= 4 is 11.8 Å². The van der Waals surface area contributed by atoms with Crippen LogP contribution in [-0.2, 0) is 6.54 Å². The third kappa shape index (κ3) is 2.85. The van der Waals surface area contributed by atoms with E-state index in [1.165, 1.54) is 25.7 Å². The first-order valence-corrected chi connectivity index (χ1v) is 10.1. The molecule has 3 aliphatic rings. The van der Waals surface area contributed by atoms with E-state index in [0.717, 1.165) is 36.8 Å². The molecule has 0 radical (unpaired) electrons. The van der Waals surface area contributed by atoms with E-state index >= 15 is 0 Å². The number of anilines is 1. The average molecular weight is 357 g/mol. The van der Waals surface area contributed by atoms with E-state index in [1.54, 1.807) is 0 Å². The van der Waals surface area contributed by atoms with Gasteiger partial charge in [-0.05, 0) is 60.5 Å². The van der Waals surface area contributed by atoms with E-state index in [4.69, 9.17) is 0 Å². The maximum absolute atomic E-state index is 12.4. The Morgan fingerprint density at radius 1 is 1.27 bits per heavy atom. The van der Waals surface area contributed by atoms with Crippen molar-refractivity contribution in [2.45, 2.75) is 65.5 Å². The second-order valence-electron chi connectivity index (χ2n) is 9.21. The summed E-state index contributed by atoms with van der Waals surface area (Å²) in [6, 6.07) is 4.37. The summed E-state index contributed by atoms with van der Waals surface area (Å²) in [5.41, 5.74) is 1.58. The van der Waals surface area contributed by atoms with Crippen LogP contribution >= 0.6 is 0 Å². The summed E-state index contributed by atoms with van der Waals surface area (Å²) in [7, 11) is 0. The molecule has 2 bridgehead atoms. The van der Waals surface area contributed by atoms with Gasteiger partial charge in [0.2, 0.25) is 0 Å². The Balaban J connectivity index is 1.29. The van der Waals surface area contributed by atoms with Gasteiger partial charge in [-0.15, -0.1) is 0 Å². The van der Waals surface area contributed by atoms with Crippen molar-refractivity contribution in [3.8, 4) is 0 Å². The lowest BCUT2D eigenvalue weighted by molar-refractivity contribution is 0.123. The van der Waals surface area contributed by atoms with Crippen LogP contribution in [0.15, 0.2) is 18.3 Å². The lowest BCUT2D eigenvalue weighted by Crippen LogP contribution is -2.49. The normalized spacial score (nSPS) is 32.0. The Morgan fingerprint density at radius 3 is 2.62 bits per heavy atom. The first-order valence-electron chi connectivity index (χ1n) is 10.1. The highest BCUT2D eigenvalue weighted by Gasteiger charge is 2.61. The number of fused-ring (bicyclic) bond motifs is 2. The Bertz CT molecular complexity index is 665. The maximum Gasteiger partial charge on any atom is 0.315 e. The Hall–Kier alpha value is -1.78. The van der Waals surface area contributed by atoms with E-state index in [-0.39, 0.29) is 17.5 Å². The molecule has 1 aromatic rings. The zero-order valence-electron chi connectivity index (χ0n) is 16.3. The minimum atomic E-state index is -0.0526. The third-order valence-electron chi connectivity index (χ3n) is 7.79. The highest BCUT2D eigenvalue weighted by Crippen LogP contribution is 2.65. The summed E-state index contributed by atoms with van der Waals surface area (Å²) in [6.07, 6.45) is 8.03. The van der Waals surface area contributed by atoms with Crippen molar-refractivity contribution < 1.29 is 4.79 Å². The van der Waals surface area contributed by atoms with E-state index in [1.807, 2.05) is 6.20 Å². The minimum Gasteiger partial charge on any atom is -0.357 e. The van der Waals surface area contributed by atoms with Gasteiger partial charge in [0.1, 0.15) is 5.82 Å². The van der Waals surface area contributed by atoms with Crippen molar-refractivity contribution in [1.82, 2.24) is 15.6 Å². The SMILES string of the molecule is CC1(C)C2CCC1(C)C(NC(=O)NCc1ccc(N3CCCC3)nc1)C2. The predicted molar refractivity (Wildman–Crippen MR) is 104 cm³/mol. The van der Waals surface area contributed by atoms with Crippen molar-refractivity contribution in [3.05, 3.63) is 23.9 Å². The molecular weight excluding hydrogens is 324 g/mol. The summed E-state index contributed by atoms with van der Waals surface area (Å²) in [6.45, 7) is 9.83. The zero-order chi connectivity index (χ0) is 18.4. The summed E-state index contributed by atoms with van der Waals surface area (Å²) >= 11 is 0. The van der Waals surface area contributed by atoms with Gasteiger partial charge in [0.25, 0.3) is 0 Å². The number of aromatic nitrogens is 1. The van der Waals surface area contributed by atoms with Gasteiger partial charge in [0.15, 0.2) is 0 Å². The summed E-state index contributed by atoms with van der Waals surface area (Å²) < 4.78 is 0. The second kappa shape index (κ2) is 6.43. The molecule has 1 aliphatic heterocycles. The molecule has 1 aromatic heterocycles. The van der Waals surface area contributed by atoms with Gasteiger partial charge < -0.3 is 15.5 Å². The van der Waals surface area contributed by atoms with Gasteiger partial charge in [-0.2, -0.15) is 0 Å². The molecule has 3 unspecified atom stereocenters. The summed E-state index contributed by atoms with van der Waals surface area (Å²) in [4.78, 5) is 19.3. The molecule has 2 amide bonds. The summed E-state index contributed by atoms with van der Waals surface area (Å²) in [5, 5.41) is 6.27. The van der Waals surface area contributed by atoms with Crippen molar-refractivity contribution in [3.63, 3.8) is 0 Å². The lowest BCUT2D eigenvalue weighted by atomic mass is 9.69. The van der Waals surface area contributed by atoms with Crippen molar-refractivity contribution in [2.75, 3.05) is 18.0 Å². The van der Waals surface area contributed by atoms with Crippen LogP contribution in [-0.4, -0.2) is 30.1 Å². The van der Waals surface area contributed by atoms with Crippen LogP contribution in [0.2, 0.25) is 0 Å². The molecule has 3 fully saturated rings. The van der Waals surface area contributed by atoms with Crippen LogP contribution in [0.5, 0.6) is 0 Å². The van der Waals surface area contributed by atoms with Crippen LogP contribution in [0.25, 0.3) is 0 Å². The number of nitrogens with one attached hydrogen (secondary N) is 2. The number of carbonyl (C=O) groups is 1. The number of carbonyl (C=O) groups excluding carboxylic acids is 1. The Kier molecular flexibility index (Phi) is 4.36. The number of urea groups is 1. The topological polar surface area (TPSA) is 57.3 Å². The van der Waals surface area contributed by atoms with Gasteiger partial charge in [0.05, 0.1) is 0 Å². The number of nitrogens with zero attached hydrogens (tertiary/aromatic N) is 2. The van der Waals surface area contributed by atoms with Gasteiger partial charge in [-0.1, -0.05) is 26.8 Å². The Morgan fingerprint density at radius 2 is 2.04 bits per heavy atom. The van der Waals surface area contributed by atoms with Gasteiger partial charge >= 0.3 is 6.03 Å². The molecule has 142 valence electrons. The maximum atomic E-state index is 12.4. The molecule has 26 heavy (non-hydrogen) atoms. The number of hydrogen-bond donors (Lipinski definition) is 2. The van der Waals surface area contributed by atoms with Crippen LogP contribution in [0.1, 0.15) is 58.4 Å². The highest BCUT2D eigenvalue weighted by atomic mass is 16.2. The second-order valence-corrected chi connectivity index (χ2v) is 9.21. The molecule has 2 saturated carbocycles. The van der Waals surface area contributed by atoms with Crippen LogP contribution < -0.4 is 15.5 Å². The first kappa shape index (κ1) is 17.6. The fraction of sp³-hybridized carbons (Fsp3) is 0.714. The van der Waals surface area contributed by atoms with Crippen molar-refractivity contribution in [2.24, 2.45) is 16.7 Å². The molecule has 2 aliphatic carbocycles. The van der Waals surface area contributed by atoms with Gasteiger partial charge in [-0.25, -0.2) is 9.78 Å².